The summed E-state index contributed by atoms with van der Waals surface area (Å²) in [5.41, 5.74) is 1.95. The Morgan fingerprint density at radius 3 is 2.80 bits per heavy atom. The smallest absolute Gasteiger partial charge is 0.336 e. The summed E-state index contributed by atoms with van der Waals surface area (Å²) < 4.78 is 0. The van der Waals surface area contributed by atoms with Crippen LogP contribution in [-0.2, 0) is 0 Å². The van der Waals surface area contributed by atoms with Crippen LogP contribution in [0.2, 0.25) is 0 Å². The summed E-state index contributed by atoms with van der Waals surface area (Å²) in [6.45, 7) is 0. The number of carboxylic acids is 1. The van der Waals surface area contributed by atoms with E-state index in [4.69, 9.17) is 5.11 Å². The number of hydrogen-bond donors (Lipinski definition) is 1. The van der Waals surface area contributed by atoms with E-state index < -0.39 is 5.97 Å². The maximum Gasteiger partial charge on any atom is 0.336 e. The van der Waals surface area contributed by atoms with Crippen molar-refractivity contribution < 1.29 is 9.90 Å². The third-order valence-electron chi connectivity index (χ3n) is 2.94. The number of aromatic nitrogens is 1. The lowest BCUT2D eigenvalue weighted by molar-refractivity contribution is 0.0697. The van der Waals surface area contributed by atoms with Gasteiger partial charge in [0.1, 0.15) is 11.8 Å². The Morgan fingerprint density at radius 2 is 2.10 bits per heavy atom. The summed E-state index contributed by atoms with van der Waals surface area (Å²) >= 11 is 1.30. The summed E-state index contributed by atoms with van der Waals surface area (Å²) in [5, 5.41) is 20.7. The summed E-state index contributed by atoms with van der Waals surface area (Å²) in [6.07, 6.45) is 0. The van der Waals surface area contributed by atoms with Crippen molar-refractivity contribution in [2.24, 2.45) is 0 Å². The minimum absolute atomic E-state index is 0.224. The van der Waals surface area contributed by atoms with E-state index in [0.29, 0.717) is 11.3 Å². The molecule has 0 saturated carbocycles. The first-order chi connectivity index (χ1) is 9.69. The third-order valence-corrected chi connectivity index (χ3v) is 3.91. The molecule has 0 fully saturated rings. The van der Waals surface area contributed by atoms with Gasteiger partial charge in [-0.05, 0) is 18.2 Å². The van der Waals surface area contributed by atoms with Crippen LogP contribution >= 0.6 is 11.3 Å². The van der Waals surface area contributed by atoms with E-state index >= 15 is 0 Å². The SMILES string of the molecule is N#Cc1nc2ccccc2cc1-c1cc(C(=O)O)cs1. The number of benzene rings is 1. The first-order valence-electron chi connectivity index (χ1n) is 5.81. The second kappa shape index (κ2) is 4.76. The van der Waals surface area contributed by atoms with Gasteiger partial charge in [-0.2, -0.15) is 5.26 Å². The van der Waals surface area contributed by atoms with Gasteiger partial charge in [0, 0.05) is 21.2 Å². The fourth-order valence-electron chi connectivity index (χ4n) is 1.98. The van der Waals surface area contributed by atoms with Crippen LogP contribution in [-0.4, -0.2) is 16.1 Å². The van der Waals surface area contributed by atoms with Crippen LogP contribution in [0.15, 0.2) is 41.8 Å². The fraction of sp³-hybridized carbons (Fsp3) is 0. The van der Waals surface area contributed by atoms with Gasteiger partial charge in [-0.25, -0.2) is 9.78 Å². The number of carboxylic acid groups (broad SMARTS) is 1. The van der Waals surface area contributed by atoms with Crippen molar-refractivity contribution in [3.63, 3.8) is 0 Å². The number of fused-ring (bicyclic) bond motifs is 1. The average molecular weight is 280 g/mol. The molecule has 3 aromatic rings. The minimum Gasteiger partial charge on any atom is -0.478 e. The maximum atomic E-state index is 10.9. The molecular weight excluding hydrogens is 272 g/mol. The highest BCUT2D eigenvalue weighted by Crippen LogP contribution is 2.31. The molecule has 0 radical (unpaired) electrons. The lowest BCUT2D eigenvalue weighted by atomic mass is 10.1. The highest BCUT2D eigenvalue weighted by molar-refractivity contribution is 7.13. The molecule has 4 nitrogen and oxygen atoms in total. The number of thiophene rings is 1. The molecule has 20 heavy (non-hydrogen) atoms. The molecule has 0 aliphatic heterocycles. The van der Waals surface area contributed by atoms with Crippen molar-refractivity contribution in [2.45, 2.75) is 0 Å². The average Bonchev–Trinajstić information content (AvgIpc) is 2.95. The second-order valence-electron chi connectivity index (χ2n) is 4.19. The zero-order chi connectivity index (χ0) is 14.1. The highest BCUT2D eigenvalue weighted by atomic mass is 32.1. The lowest BCUT2D eigenvalue weighted by Crippen LogP contribution is -1.92. The molecule has 5 heteroatoms. The van der Waals surface area contributed by atoms with Gasteiger partial charge >= 0.3 is 5.97 Å². The molecule has 1 aromatic carbocycles. The summed E-state index contributed by atoms with van der Waals surface area (Å²) in [6, 6.07) is 13.0. The van der Waals surface area contributed by atoms with Gasteiger partial charge in [0.15, 0.2) is 0 Å². The van der Waals surface area contributed by atoms with E-state index in [0.717, 1.165) is 15.8 Å². The first-order valence-corrected chi connectivity index (χ1v) is 6.69. The predicted octanol–water partition coefficient (Wildman–Crippen LogP) is 3.53. The van der Waals surface area contributed by atoms with Gasteiger partial charge in [0.05, 0.1) is 11.1 Å². The van der Waals surface area contributed by atoms with Crippen LogP contribution in [0.3, 0.4) is 0 Å². The maximum absolute atomic E-state index is 10.9. The largest absolute Gasteiger partial charge is 0.478 e. The Bertz CT molecular complexity index is 862. The van der Waals surface area contributed by atoms with Gasteiger partial charge in [-0.1, -0.05) is 18.2 Å². The number of carbonyl (C=O) groups is 1. The highest BCUT2D eigenvalue weighted by Gasteiger charge is 2.13. The van der Waals surface area contributed by atoms with Crippen molar-refractivity contribution in [2.75, 3.05) is 0 Å². The number of rotatable bonds is 2. The number of nitrogens with zero attached hydrogens (tertiary/aromatic N) is 2. The second-order valence-corrected chi connectivity index (χ2v) is 5.11. The zero-order valence-corrected chi connectivity index (χ0v) is 11.0. The van der Waals surface area contributed by atoms with Crippen molar-refractivity contribution >= 4 is 28.2 Å². The van der Waals surface area contributed by atoms with E-state index in [9.17, 15) is 10.1 Å². The van der Waals surface area contributed by atoms with E-state index in [2.05, 4.69) is 11.1 Å². The summed E-state index contributed by atoms with van der Waals surface area (Å²) in [4.78, 5) is 16.0. The van der Waals surface area contributed by atoms with Crippen LogP contribution < -0.4 is 0 Å². The topological polar surface area (TPSA) is 74.0 Å². The fourth-order valence-corrected chi connectivity index (χ4v) is 2.88. The molecule has 0 aliphatic rings. The van der Waals surface area contributed by atoms with Crippen molar-refractivity contribution in [1.82, 2.24) is 4.98 Å². The van der Waals surface area contributed by atoms with Crippen LogP contribution in [0.1, 0.15) is 16.1 Å². The summed E-state index contributed by atoms with van der Waals surface area (Å²) in [7, 11) is 0. The van der Waals surface area contributed by atoms with Crippen molar-refractivity contribution in [3.05, 3.63) is 53.0 Å². The third kappa shape index (κ3) is 2.02. The van der Waals surface area contributed by atoms with Gasteiger partial charge in [0.25, 0.3) is 0 Å². The molecule has 3 rings (SSSR count). The molecule has 1 N–H and O–H groups in total. The number of pyridine rings is 1. The van der Waals surface area contributed by atoms with E-state index in [1.54, 1.807) is 11.4 Å². The molecule has 0 saturated heterocycles. The van der Waals surface area contributed by atoms with Crippen molar-refractivity contribution in [1.29, 1.82) is 5.26 Å². The van der Waals surface area contributed by atoms with Crippen LogP contribution in [0, 0.1) is 11.3 Å². The molecule has 0 aliphatic carbocycles. The Hall–Kier alpha value is -2.71. The molecule has 0 bridgehead atoms. The quantitative estimate of drug-likeness (QED) is 0.779. The molecule has 0 amide bonds. The molecule has 2 aromatic heterocycles. The Balaban J connectivity index is 2.23. The van der Waals surface area contributed by atoms with Crippen LogP contribution in [0.5, 0.6) is 0 Å². The predicted molar refractivity (Wildman–Crippen MR) is 76.7 cm³/mol. The molecule has 0 unspecified atom stereocenters. The summed E-state index contributed by atoms with van der Waals surface area (Å²) in [5.74, 6) is -0.972. The zero-order valence-electron chi connectivity index (χ0n) is 10.2. The van der Waals surface area contributed by atoms with Gasteiger partial charge in [-0.15, -0.1) is 11.3 Å². The minimum atomic E-state index is -0.972. The first kappa shape index (κ1) is 12.3. The Labute approximate surface area is 118 Å². The normalized spacial score (nSPS) is 10.3. The molecule has 96 valence electrons. The molecular formula is C15H8N2O2S. The Kier molecular flexibility index (Phi) is 2.93. The number of para-hydroxylation sites is 1. The van der Waals surface area contributed by atoms with E-state index in [1.807, 2.05) is 30.3 Å². The number of aromatic carboxylic acids is 1. The number of hydrogen-bond acceptors (Lipinski definition) is 4. The van der Waals surface area contributed by atoms with Gasteiger partial charge < -0.3 is 5.11 Å². The van der Waals surface area contributed by atoms with E-state index in [1.165, 1.54) is 11.3 Å². The van der Waals surface area contributed by atoms with Crippen LogP contribution in [0.25, 0.3) is 21.3 Å². The number of nitriles is 1. The monoisotopic (exact) mass is 280 g/mol. The van der Waals surface area contributed by atoms with Gasteiger partial charge in [-0.3, -0.25) is 0 Å². The van der Waals surface area contributed by atoms with Crippen molar-refractivity contribution in [3.8, 4) is 16.5 Å². The Morgan fingerprint density at radius 1 is 1.30 bits per heavy atom. The van der Waals surface area contributed by atoms with Crippen LogP contribution in [0.4, 0.5) is 0 Å². The molecule has 0 spiro atoms. The standard InChI is InChI=1S/C15H8N2O2S/c16-7-13-11(14-6-10(8-20-14)15(18)19)5-9-3-1-2-4-12(9)17-13/h1-6,8H,(H,18,19). The molecule has 0 atom stereocenters. The lowest BCUT2D eigenvalue weighted by Gasteiger charge is -2.03. The molecule has 2 heterocycles. The van der Waals surface area contributed by atoms with Gasteiger partial charge in [0.2, 0.25) is 0 Å². The van der Waals surface area contributed by atoms with E-state index in [-0.39, 0.29) is 5.56 Å².